The van der Waals surface area contributed by atoms with E-state index in [0.717, 1.165) is 50.8 Å². The van der Waals surface area contributed by atoms with Gasteiger partial charge in [0.25, 0.3) is 0 Å². The Labute approximate surface area is 186 Å². The van der Waals surface area contributed by atoms with Gasteiger partial charge in [0, 0.05) is 22.4 Å². The van der Waals surface area contributed by atoms with Gasteiger partial charge in [-0.2, -0.15) is 0 Å². The van der Waals surface area contributed by atoms with Crippen LogP contribution >= 0.6 is 11.3 Å². The molecular formula is C24H28N2O4S. The number of thiazole rings is 1. The number of benzene rings is 1. The maximum absolute atomic E-state index is 11.5. The normalized spacial score (nSPS) is 21.0. The predicted molar refractivity (Wildman–Crippen MR) is 122 cm³/mol. The number of rotatable bonds is 6. The number of aliphatic carboxylic acids is 1. The Morgan fingerprint density at radius 1 is 1.23 bits per heavy atom. The van der Waals surface area contributed by atoms with E-state index in [0.29, 0.717) is 12.3 Å². The lowest BCUT2D eigenvalue weighted by molar-refractivity contribution is -0.142. The van der Waals surface area contributed by atoms with Crippen LogP contribution in [0.3, 0.4) is 0 Å². The average molecular weight is 441 g/mol. The summed E-state index contributed by atoms with van der Waals surface area (Å²) in [5, 5.41) is 13.3. The van der Waals surface area contributed by atoms with E-state index < -0.39 is 5.97 Å². The standard InChI is InChI=1S/C24H28N2O4S/c1-12(2)19-11-31-23(26-19)18-10-21(30-15-8-13(3)17(9-15)24(27)28)16-6-7-20(29-5)14(4)22(16)25-18/h6-7,10-13,15,17H,8-9H2,1-5H3,(H,27,28)/t13-,15-,17-/m1/s1. The lowest BCUT2D eigenvalue weighted by atomic mass is 9.99. The van der Waals surface area contributed by atoms with Crippen LogP contribution in [0.5, 0.6) is 11.5 Å². The molecule has 0 unspecified atom stereocenters. The van der Waals surface area contributed by atoms with E-state index in [1.807, 2.05) is 32.0 Å². The summed E-state index contributed by atoms with van der Waals surface area (Å²) in [5.41, 5.74) is 3.56. The molecule has 0 spiro atoms. The Balaban J connectivity index is 1.79. The van der Waals surface area contributed by atoms with Crippen LogP contribution in [0.25, 0.3) is 21.6 Å². The molecule has 3 atom stereocenters. The monoisotopic (exact) mass is 440 g/mol. The Morgan fingerprint density at radius 3 is 2.61 bits per heavy atom. The molecule has 0 radical (unpaired) electrons. The summed E-state index contributed by atoms with van der Waals surface area (Å²) in [5.74, 6) is 0.802. The molecular weight excluding hydrogens is 412 g/mol. The number of carboxylic acid groups (broad SMARTS) is 1. The van der Waals surface area contributed by atoms with Gasteiger partial charge in [-0.3, -0.25) is 4.79 Å². The van der Waals surface area contributed by atoms with Crippen molar-refractivity contribution in [2.45, 2.75) is 52.6 Å². The topological polar surface area (TPSA) is 81.5 Å². The molecule has 1 fully saturated rings. The third kappa shape index (κ3) is 4.11. The van der Waals surface area contributed by atoms with Crippen LogP contribution in [0, 0.1) is 18.8 Å². The van der Waals surface area contributed by atoms with Crippen LogP contribution < -0.4 is 9.47 Å². The van der Waals surface area contributed by atoms with Crippen molar-refractivity contribution in [3.05, 3.63) is 34.8 Å². The van der Waals surface area contributed by atoms with Gasteiger partial charge in [0.1, 0.15) is 22.2 Å². The van der Waals surface area contributed by atoms with E-state index in [-0.39, 0.29) is 17.9 Å². The number of carboxylic acids is 1. The molecule has 1 aromatic carbocycles. The van der Waals surface area contributed by atoms with Crippen LogP contribution in [0.2, 0.25) is 0 Å². The van der Waals surface area contributed by atoms with Crippen molar-refractivity contribution < 1.29 is 19.4 Å². The number of methoxy groups -OCH3 is 1. The first-order valence-electron chi connectivity index (χ1n) is 10.6. The largest absolute Gasteiger partial charge is 0.496 e. The summed E-state index contributed by atoms with van der Waals surface area (Å²) in [4.78, 5) is 21.2. The molecule has 1 aliphatic rings. The second kappa shape index (κ2) is 8.46. The van der Waals surface area contributed by atoms with E-state index in [2.05, 4.69) is 19.2 Å². The fraction of sp³-hybridized carbons (Fsp3) is 0.458. The van der Waals surface area contributed by atoms with Crippen molar-refractivity contribution in [1.29, 1.82) is 0 Å². The van der Waals surface area contributed by atoms with E-state index in [4.69, 9.17) is 19.4 Å². The third-order valence-electron chi connectivity index (χ3n) is 6.15. The number of hydrogen-bond acceptors (Lipinski definition) is 6. The number of pyridine rings is 1. The quantitative estimate of drug-likeness (QED) is 0.531. The first-order valence-corrected chi connectivity index (χ1v) is 11.5. The molecule has 0 saturated heterocycles. The number of aromatic nitrogens is 2. The highest BCUT2D eigenvalue weighted by atomic mass is 32.1. The maximum Gasteiger partial charge on any atom is 0.306 e. The first kappa shape index (κ1) is 21.6. The molecule has 31 heavy (non-hydrogen) atoms. The van der Waals surface area contributed by atoms with Gasteiger partial charge in [-0.1, -0.05) is 20.8 Å². The second-order valence-corrected chi connectivity index (χ2v) is 9.52. The molecule has 164 valence electrons. The molecule has 1 N–H and O–H groups in total. The van der Waals surface area contributed by atoms with Gasteiger partial charge < -0.3 is 14.6 Å². The van der Waals surface area contributed by atoms with Crippen LogP contribution in [0.15, 0.2) is 23.6 Å². The van der Waals surface area contributed by atoms with Gasteiger partial charge >= 0.3 is 5.97 Å². The molecule has 3 aromatic rings. The zero-order valence-corrected chi connectivity index (χ0v) is 19.3. The highest BCUT2D eigenvalue weighted by Gasteiger charge is 2.37. The van der Waals surface area contributed by atoms with E-state index >= 15 is 0 Å². The fourth-order valence-corrected chi connectivity index (χ4v) is 5.23. The predicted octanol–water partition coefficient (Wildman–Crippen LogP) is 5.68. The Bertz CT molecular complexity index is 1120. The minimum absolute atomic E-state index is 0.0875. The second-order valence-electron chi connectivity index (χ2n) is 8.66. The molecule has 2 heterocycles. The molecule has 7 heteroatoms. The van der Waals surface area contributed by atoms with Crippen molar-refractivity contribution in [3.8, 4) is 22.2 Å². The number of nitrogens with zero attached hydrogens (tertiary/aromatic N) is 2. The van der Waals surface area contributed by atoms with Gasteiger partial charge in [-0.05, 0) is 43.7 Å². The van der Waals surface area contributed by atoms with Crippen LogP contribution in [-0.2, 0) is 4.79 Å². The van der Waals surface area contributed by atoms with Crippen molar-refractivity contribution in [2.24, 2.45) is 11.8 Å². The molecule has 0 bridgehead atoms. The van der Waals surface area contributed by atoms with Gasteiger partial charge in [-0.25, -0.2) is 9.97 Å². The Hall–Kier alpha value is -2.67. The average Bonchev–Trinajstić information content (AvgIpc) is 3.36. The van der Waals surface area contributed by atoms with Crippen molar-refractivity contribution in [3.63, 3.8) is 0 Å². The van der Waals surface area contributed by atoms with Crippen LogP contribution in [-0.4, -0.2) is 34.3 Å². The minimum Gasteiger partial charge on any atom is -0.496 e. The number of carbonyl (C=O) groups is 1. The Morgan fingerprint density at radius 2 is 2.00 bits per heavy atom. The van der Waals surface area contributed by atoms with Crippen molar-refractivity contribution in [1.82, 2.24) is 9.97 Å². The molecule has 0 aliphatic heterocycles. The van der Waals surface area contributed by atoms with Gasteiger partial charge in [0.15, 0.2) is 0 Å². The van der Waals surface area contributed by atoms with Gasteiger partial charge in [-0.15, -0.1) is 11.3 Å². The van der Waals surface area contributed by atoms with Gasteiger partial charge in [0.2, 0.25) is 0 Å². The number of hydrogen-bond donors (Lipinski definition) is 1. The van der Waals surface area contributed by atoms with E-state index in [1.165, 1.54) is 0 Å². The molecule has 4 rings (SSSR count). The molecule has 1 saturated carbocycles. The zero-order chi connectivity index (χ0) is 22.3. The summed E-state index contributed by atoms with van der Waals surface area (Å²) in [6.45, 7) is 8.21. The molecule has 1 aliphatic carbocycles. The maximum atomic E-state index is 11.5. The number of fused-ring (bicyclic) bond motifs is 1. The SMILES string of the molecule is COc1ccc2c(O[C@@H]3C[C@@H](C)[C@H](C(=O)O)C3)cc(-c3nc(C(C)C)cs3)nc2c1C. The van der Waals surface area contributed by atoms with E-state index in [9.17, 15) is 9.90 Å². The number of ether oxygens (including phenoxy) is 2. The Kier molecular flexibility index (Phi) is 5.88. The minimum atomic E-state index is -0.747. The van der Waals surface area contributed by atoms with Crippen LogP contribution in [0.4, 0.5) is 0 Å². The summed E-state index contributed by atoms with van der Waals surface area (Å²) < 4.78 is 11.9. The van der Waals surface area contributed by atoms with Gasteiger partial charge in [0.05, 0.1) is 30.3 Å². The number of aryl methyl sites for hydroxylation is 1. The highest BCUT2D eigenvalue weighted by molar-refractivity contribution is 7.13. The summed E-state index contributed by atoms with van der Waals surface area (Å²) >= 11 is 1.57. The van der Waals surface area contributed by atoms with Crippen molar-refractivity contribution in [2.75, 3.05) is 7.11 Å². The lowest BCUT2D eigenvalue weighted by Gasteiger charge is -2.17. The van der Waals surface area contributed by atoms with E-state index in [1.54, 1.807) is 18.4 Å². The lowest BCUT2D eigenvalue weighted by Crippen LogP contribution is -2.17. The summed E-state index contributed by atoms with van der Waals surface area (Å²) in [7, 11) is 1.65. The van der Waals surface area contributed by atoms with Crippen molar-refractivity contribution >= 4 is 28.2 Å². The zero-order valence-electron chi connectivity index (χ0n) is 18.5. The summed E-state index contributed by atoms with van der Waals surface area (Å²) in [6.07, 6.45) is 1.10. The fourth-order valence-electron chi connectivity index (χ4n) is 4.29. The summed E-state index contributed by atoms with van der Waals surface area (Å²) in [6, 6.07) is 5.82. The van der Waals surface area contributed by atoms with Crippen LogP contribution in [0.1, 0.15) is 50.8 Å². The smallest absolute Gasteiger partial charge is 0.306 e. The highest BCUT2D eigenvalue weighted by Crippen LogP contribution is 2.40. The first-order chi connectivity index (χ1) is 14.8. The molecule has 0 amide bonds. The molecule has 6 nitrogen and oxygen atoms in total. The molecule has 2 aromatic heterocycles. The third-order valence-corrected chi connectivity index (χ3v) is 7.03.